The van der Waals surface area contributed by atoms with E-state index in [4.69, 9.17) is 9.72 Å². The summed E-state index contributed by atoms with van der Waals surface area (Å²) >= 11 is 0. The molecule has 0 N–H and O–H groups in total. The minimum absolute atomic E-state index is 0.629. The van der Waals surface area contributed by atoms with Gasteiger partial charge in [0.2, 0.25) is 0 Å². The Morgan fingerprint density at radius 1 is 1.27 bits per heavy atom. The van der Waals surface area contributed by atoms with E-state index in [-0.39, 0.29) is 0 Å². The first-order chi connectivity index (χ1) is 12.7. The van der Waals surface area contributed by atoms with Gasteiger partial charge in [-0.3, -0.25) is 4.90 Å². The summed E-state index contributed by atoms with van der Waals surface area (Å²) in [4.78, 5) is 11.9. The van der Waals surface area contributed by atoms with Crippen molar-refractivity contribution in [3.8, 4) is 5.75 Å². The average Bonchev–Trinajstić information content (AvgIpc) is 3.47. The molecule has 0 radical (unpaired) electrons. The molecule has 2 aromatic heterocycles. The molecule has 0 atom stereocenters. The average molecular weight is 348 g/mol. The maximum Gasteiger partial charge on any atom is 0.131 e. The van der Waals surface area contributed by atoms with Crippen molar-refractivity contribution >= 4 is 10.9 Å². The van der Waals surface area contributed by atoms with Crippen molar-refractivity contribution in [1.29, 1.82) is 0 Å². The Morgan fingerprint density at radius 3 is 2.96 bits per heavy atom. The van der Waals surface area contributed by atoms with Crippen LogP contribution in [-0.2, 0) is 26.6 Å². The minimum Gasteiger partial charge on any atom is -0.497 e. The zero-order valence-electron chi connectivity index (χ0n) is 15.4. The predicted molar refractivity (Wildman–Crippen MR) is 101 cm³/mol. The second-order valence-electron chi connectivity index (χ2n) is 7.58. The highest BCUT2D eigenvalue weighted by molar-refractivity contribution is 5.85. The van der Waals surface area contributed by atoms with Gasteiger partial charge in [-0.25, -0.2) is 9.97 Å². The Morgan fingerprint density at radius 2 is 2.15 bits per heavy atom. The molecule has 0 bridgehead atoms. The molecule has 0 saturated heterocycles. The van der Waals surface area contributed by atoms with Crippen LogP contribution in [0.2, 0.25) is 0 Å². The fourth-order valence-electron chi connectivity index (χ4n) is 4.01. The molecular weight excluding hydrogens is 324 g/mol. The van der Waals surface area contributed by atoms with E-state index in [0.29, 0.717) is 5.92 Å². The van der Waals surface area contributed by atoms with Crippen LogP contribution in [-0.4, -0.2) is 33.1 Å². The van der Waals surface area contributed by atoms with Crippen LogP contribution in [0.4, 0.5) is 0 Å². The van der Waals surface area contributed by atoms with Crippen molar-refractivity contribution in [2.24, 2.45) is 7.05 Å². The zero-order valence-corrected chi connectivity index (χ0v) is 15.4. The molecule has 0 unspecified atom stereocenters. The van der Waals surface area contributed by atoms with E-state index in [0.717, 1.165) is 37.6 Å². The first-order valence-electron chi connectivity index (χ1n) is 9.40. The smallest absolute Gasteiger partial charge is 0.131 e. The Kier molecular flexibility index (Phi) is 3.71. The number of rotatable bonds is 4. The van der Waals surface area contributed by atoms with Crippen LogP contribution < -0.4 is 4.74 Å². The van der Waals surface area contributed by atoms with E-state index in [9.17, 15) is 0 Å². The summed E-state index contributed by atoms with van der Waals surface area (Å²) in [7, 11) is 3.83. The number of methoxy groups -OCH3 is 1. The quantitative estimate of drug-likeness (QED) is 0.725. The largest absolute Gasteiger partial charge is 0.497 e. The lowest BCUT2D eigenvalue weighted by Gasteiger charge is -2.28. The molecule has 0 amide bonds. The number of fused-ring (bicyclic) bond motifs is 2. The topological polar surface area (TPSA) is 43.2 Å². The highest BCUT2D eigenvalue weighted by atomic mass is 16.5. The highest BCUT2D eigenvalue weighted by Gasteiger charge is 2.28. The molecule has 0 spiro atoms. The van der Waals surface area contributed by atoms with Crippen molar-refractivity contribution in [2.75, 3.05) is 13.7 Å². The molecular formula is C21H24N4O. The van der Waals surface area contributed by atoms with Crippen molar-refractivity contribution in [1.82, 2.24) is 19.4 Å². The van der Waals surface area contributed by atoms with E-state index >= 15 is 0 Å². The van der Waals surface area contributed by atoms with Crippen LogP contribution in [0.5, 0.6) is 5.75 Å². The Balaban J connectivity index is 1.39. The summed E-state index contributed by atoms with van der Waals surface area (Å²) in [6, 6.07) is 6.31. The number of ether oxygens (including phenoxy) is 1. The summed E-state index contributed by atoms with van der Waals surface area (Å²) in [5.41, 5.74) is 5.15. The van der Waals surface area contributed by atoms with Crippen LogP contribution in [0.1, 0.15) is 41.4 Å². The molecule has 1 saturated carbocycles. The number of aromatic nitrogens is 3. The molecule has 3 heterocycles. The summed E-state index contributed by atoms with van der Waals surface area (Å²) in [5.74, 6) is 2.61. The van der Waals surface area contributed by atoms with Crippen molar-refractivity contribution < 1.29 is 4.74 Å². The van der Waals surface area contributed by atoms with E-state index in [1.165, 1.54) is 40.6 Å². The van der Waals surface area contributed by atoms with Crippen LogP contribution in [0.25, 0.3) is 10.9 Å². The first-order valence-corrected chi connectivity index (χ1v) is 9.40. The van der Waals surface area contributed by atoms with Crippen LogP contribution in [0.3, 0.4) is 0 Å². The summed E-state index contributed by atoms with van der Waals surface area (Å²) in [6.45, 7) is 2.92. The molecule has 134 valence electrons. The summed E-state index contributed by atoms with van der Waals surface area (Å²) in [6.07, 6.45) is 7.84. The third-order valence-electron chi connectivity index (χ3n) is 5.65. The molecule has 1 fully saturated rings. The van der Waals surface area contributed by atoms with Crippen molar-refractivity contribution in [3.63, 3.8) is 0 Å². The molecule has 5 heteroatoms. The maximum atomic E-state index is 5.42. The Bertz CT molecular complexity index is 974. The number of aryl methyl sites for hydroxylation is 1. The third kappa shape index (κ3) is 2.76. The molecule has 5 rings (SSSR count). The van der Waals surface area contributed by atoms with Gasteiger partial charge in [0.05, 0.1) is 7.11 Å². The standard InChI is InChI=1S/C21H24N4O/c1-24-11-16(18-9-17(26-2)5-6-20(18)24)13-25-8-7-19-15(12-25)10-22-21(23-19)14-3-4-14/h5-6,9-11,14H,3-4,7-8,12-13H2,1-2H3. The molecule has 2 aliphatic rings. The molecule has 3 aromatic rings. The number of hydrogen-bond donors (Lipinski definition) is 0. The Labute approximate surface area is 153 Å². The van der Waals surface area contributed by atoms with Gasteiger partial charge in [-0.2, -0.15) is 0 Å². The van der Waals surface area contributed by atoms with Gasteiger partial charge in [-0.1, -0.05) is 0 Å². The van der Waals surface area contributed by atoms with Crippen molar-refractivity contribution in [2.45, 2.75) is 38.3 Å². The lowest BCUT2D eigenvalue weighted by Crippen LogP contribution is -2.31. The molecule has 5 nitrogen and oxygen atoms in total. The predicted octanol–water partition coefficient (Wildman–Crippen LogP) is 3.41. The molecule has 26 heavy (non-hydrogen) atoms. The molecule has 1 aromatic carbocycles. The van der Waals surface area contributed by atoms with Crippen molar-refractivity contribution in [3.05, 3.63) is 53.2 Å². The van der Waals surface area contributed by atoms with Gasteiger partial charge in [0.1, 0.15) is 11.6 Å². The van der Waals surface area contributed by atoms with Gasteiger partial charge in [0, 0.05) is 73.6 Å². The Hall–Kier alpha value is -2.40. The lowest BCUT2D eigenvalue weighted by atomic mass is 10.1. The monoisotopic (exact) mass is 348 g/mol. The molecule has 1 aliphatic carbocycles. The highest BCUT2D eigenvalue weighted by Crippen LogP contribution is 2.38. The van der Waals surface area contributed by atoms with Gasteiger partial charge in [-0.05, 0) is 36.6 Å². The van der Waals surface area contributed by atoms with Gasteiger partial charge >= 0.3 is 0 Å². The van der Waals surface area contributed by atoms with Gasteiger partial charge in [-0.15, -0.1) is 0 Å². The third-order valence-corrected chi connectivity index (χ3v) is 5.65. The van der Waals surface area contributed by atoms with Gasteiger partial charge < -0.3 is 9.30 Å². The minimum atomic E-state index is 0.629. The van der Waals surface area contributed by atoms with Crippen LogP contribution in [0, 0.1) is 0 Å². The second kappa shape index (κ2) is 6.09. The number of hydrogen-bond acceptors (Lipinski definition) is 4. The number of benzene rings is 1. The maximum absolute atomic E-state index is 5.42. The molecule has 1 aliphatic heterocycles. The van der Waals surface area contributed by atoms with E-state index in [2.05, 4.69) is 46.0 Å². The number of nitrogens with zero attached hydrogens (tertiary/aromatic N) is 4. The van der Waals surface area contributed by atoms with Crippen LogP contribution in [0.15, 0.2) is 30.6 Å². The SMILES string of the molecule is COc1ccc2c(c1)c(CN1CCc3nc(C4CC4)ncc3C1)cn2C. The second-order valence-corrected chi connectivity index (χ2v) is 7.58. The van der Waals surface area contributed by atoms with E-state index in [1.807, 2.05) is 6.07 Å². The summed E-state index contributed by atoms with van der Waals surface area (Å²) in [5, 5.41) is 1.28. The first kappa shape index (κ1) is 15.8. The lowest BCUT2D eigenvalue weighted by molar-refractivity contribution is 0.243. The van der Waals surface area contributed by atoms with E-state index < -0.39 is 0 Å². The fraction of sp³-hybridized carbons (Fsp3) is 0.429. The van der Waals surface area contributed by atoms with E-state index in [1.54, 1.807) is 7.11 Å². The zero-order chi connectivity index (χ0) is 17.7. The normalized spacial score (nSPS) is 17.5. The van der Waals surface area contributed by atoms with Gasteiger partial charge in [0.15, 0.2) is 0 Å². The fourth-order valence-corrected chi connectivity index (χ4v) is 4.01. The van der Waals surface area contributed by atoms with Crippen LogP contribution >= 0.6 is 0 Å². The van der Waals surface area contributed by atoms with Gasteiger partial charge in [0.25, 0.3) is 0 Å². The summed E-state index contributed by atoms with van der Waals surface area (Å²) < 4.78 is 7.62.